The molecule has 0 heterocycles. The van der Waals surface area contributed by atoms with Gasteiger partial charge in [-0.3, -0.25) is 9.59 Å². The molecular formula is C16H13Cl2N3O3. The van der Waals surface area contributed by atoms with Crippen molar-refractivity contribution in [1.29, 1.82) is 0 Å². The number of rotatable bonds is 5. The molecule has 0 aliphatic rings. The van der Waals surface area contributed by atoms with Gasteiger partial charge in [-0.25, -0.2) is 5.43 Å². The highest BCUT2D eigenvalue weighted by atomic mass is 35.5. The molecule has 24 heavy (non-hydrogen) atoms. The molecule has 0 aliphatic carbocycles. The number of hydrogen-bond acceptors (Lipinski definition) is 4. The summed E-state index contributed by atoms with van der Waals surface area (Å²) in [5, 5.41) is 16.2. The van der Waals surface area contributed by atoms with Gasteiger partial charge in [0.15, 0.2) is 0 Å². The van der Waals surface area contributed by atoms with Gasteiger partial charge in [0.1, 0.15) is 12.2 Å². The maximum Gasteiger partial charge on any atom is 0.249 e. The standard InChI is InChI=1S/C16H13Cl2N3O3/c17-11-5-3-6-12(16(11)18)20-14(23)8-15(24)21-19-9-10-4-1-2-7-13(10)22/h1-7,9,22H,8H2,(H,20,23)(H,21,24)/b19-9+. The molecule has 0 aliphatic heterocycles. The minimum atomic E-state index is -0.614. The summed E-state index contributed by atoms with van der Waals surface area (Å²) in [7, 11) is 0. The van der Waals surface area contributed by atoms with Crippen LogP contribution in [0.5, 0.6) is 5.75 Å². The first-order chi connectivity index (χ1) is 11.5. The summed E-state index contributed by atoms with van der Waals surface area (Å²) in [6, 6.07) is 11.3. The van der Waals surface area contributed by atoms with Crippen LogP contribution in [0, 0.1) is 0 Å². The van der Waals surface area contributed by atoms with E-state index in [2.05, 4.69) is 15.8 Å². The van der Waals surface area contributed by atoms with Crippen LogP contribution in [0.25, 0.3) is 0 Å². The normalized spacial score (nSPS) is 10.6. The third kappa shape index (κ3) is 4.97. The van der Waals surface area contributed by atoms with Crippen molar-refractivity contribution in [2.24, 2.45) is 5.10 Å². The molecule has 0 spiro atoms. The van der Waals surface area contributed by atoms with Crippen LogP contribution in [0.3, 0.4) is 0 Å². The van der Waals surface area contributed by atoms with Gasteiger partial charge in [0.25, 0.3) is 0 Å². The maximum absolute atomic E-state index is 11.8. The van der Waals surface area contributed by atoms with Gasteiger partial charge in [-0.1, -0.05) is 41.4 Å². The lowest BCUT2D eigenvalue weighted by Gasteiger charge is -2.07. The van der Waals surface area contributed by atoms with E-state index in [9.17, 15) is 14.7 Å². The number of carbonyl (C=O) groups is 2. The number of para-hydroxylation sites is 1. The Hall–Kier alpha value is -2.57. The Morgan fingerprint density at radius 1 is 1.08 bits per heavy atom. The molecule has 3 N–H and O–H groups in total. The van der Waals surface area contributed by atoms with Crippen LogP contribution in [0.2, 0.25) is 10.0 Å². The average molecular weight is 366 g/mol. The molecule has 2 aromatic carbocycles. The summed E-state index contributed by atoms with van der Waals surface area (Å²) in [6.07, 6.45) is 0.833. The van der Waals surface area contributed by atoms with Crippen molar-refractivity contribution < 1.29 is 14.7 Å². The molecule has 8 heteroatoms. The van der Waals surface area contributed by atoms with Crippen molar-refractivity contribution in [2.45, 2.75) is 6.42 Å². The Morgan fingerprint density at radius 2 is 1.83 bits per heavy atom. The number of phenolic OH excluding ortho intramolecular Hbond substituents is 1. The summed E-state index contributed by atoms with van der Waals surface area (Å²) in [5.74, 6) is -1.14. The lowest BCUT2D eigenvalue weighted by Crippen LogP contribution is -2.24. The van der Waals surface area contributed by atoms with Crippen LogP contribution in [-0.2, 0) is 9.59 Å². The topological polar surface area (TPSA) is 90.8 Å². The molecule has 0 atom stereocenters. The molecule has 2 amide bonds. The number of hydrogen-bond donors (Lipinski definition) is 3. The number of aromatic hydroxyl groups is 1. The number of benzene rings is 2. The van der Waals surface area contributed by atoms with E-state index in [0.29, 0.717) is 16.3 Å². The van der Waals surface area contributed by atoms with E-state index in [0.717, 1.165) is 0 Å². The summed E-state index contributed by atoms with van der Waals surface area (Å²) in [5.41, 5.74) is 2.96. The highest BCUT2D eigenvalue weighted by Crippen LogP contribution is 2.29. The summed E-state index contributed by atoms with van der Waals surface area (Å²) >= 11 is 11.8. The first-order valence-corrected chi connectivity index (χ1v) is 7.56. The van der Waals surface area contributed by atoms with Gasteiger partial charge in [0, 0.05) is 5.56 Å². The number of phenols is 1. The number of amides is 2. The third-order valence-corrected chi connectivity index (χ3v) is 3.70. The van der Waals surface area contributed by atoms with Gasteiger partial charge in [0.2, 0.25) is 11.8 Å². The van der Waals surface area contributed by atoms with Crippen LogP contribution in [0.4, 0.5) is 5.69 Å². The SMILES string of the molecule is O=C(CC(=O)Nc1cccc(Cl)c1Cl)N/N=C/c1ccccc1O. The van der Waals surface area contributed by atoms with Crippen LogP contribution < -0.4 is 10.7 Å². The fourth-order valence-electron chi connectivity index (χ4n) is 1.75. The maximum atomic E-state index is 11.8. The van der Waals surface area contributed by atoms with Crippen molar-refractivity contribution in [3.8, 4) is 5.75 Å². The fraction of sp³-hybridized carbons (Fsp3) is 0.0625. The molecule has 0 saturated carbocycles. The Labute approximate surface area is 148 Å². The number of halogens is 2. The van der Waals surface area contributed by atoms with E-state index >= 15 is 0 Å². The number of carbonyl (C=O) groups excluding carboxylic acids is 2. The fourth-order valence-corrected chi connectivity index (χ4v) is 2.10. The molecule has 0 unspecified atom stereocenters. The predicted molar refractivity (Wildman–Crippen MR) is 93.6 cm³/mol. The van der Waals surface area contributed by atoms with Crippen molar-refractivity contribution in [3.05, 3.63) is 58.1 Å². The van der Waals surface area contributed by atoms with Gasteiger partial charge in [0.05, 0.1) is 21.9 Å². The second-order valence-corrected chi connectivity index (χ2v) is 5.46. The summed E-state index contributed by atoms with van der Waals surface area (Å²) in [6.45, 7) is 0. The number of anilines is 1. The van der Waals surface area contributed by atoms with Crippen molar-refractivity contribution in [2.75, 3.05) is 5.32 Å². The van der Waals surface area contributed by atoms with Crippen molar-refractivity contribution in [1.82, 2.24) is 5.43 Å². The molecule has 6 nitrogen and oxygen atoms in total. The third-order valence-electron chi connectivity index (χ3n) is 2.88. The van der Waals surface area contributed by atoms with Crippen molar-refractivity contribution in [3.63, 3.8) is 0 Å². The van der Waals surface area contributed by atoms with E-state index in [-0.39, 0.29) is 10.8 Å². The number of nitrogens with one attached hydrogen (secondary N) is 2. The highest BCUT2D eigenvalue weighted by Gasteiger charge is 2.12. The molecule has 0 radical (unpaired) electrons. The van der Waals surface area contributed by atoms with Crippen LogP contribution in [0.15, 0.2) is 47.6 Å². The highest BCUT2D eigenvalue weighted by molar-refractivity contribution is 6.44. The zero-order valence-corrected chi connectivity index (χ0v) is 13.8. The van der Waals surface area contributed by atoms with Crippen molar-refractivity contribution >= 4 is 46.9 Å². The molecule has 0 bridgehead atoms. The average Bonchev–Trinajstić information content (AvgIpc) is 2.53. The van der Waals surface area contributed by atoms with Crippen LogP contribution >= 0.6 is 23.2 Å². The molecule has 2 rings (SSSR count). The van der Waals surface area contributed by atoms with E-state index in [1.54, 1.807) is 36.4 Å². The Morgan fingerprint density at radius 3 is 2.58 bits per heavy atom. The molecule has 0 aromatic heterocycles. The first-order valence-electron chi connectivity index (χ1n) is 6.81. The summed E-state index contributed by atoms with van der Waals surface area (Å²) < 4.78 is 0. The van der Waals surface area contributed by atoms with E-state index in [1.807, 2.05) is 0 Å². The van der Waals surface area contributed by atoms with Gasteiger partial charge in [-0.2, -0.15) is 5.10 Å². The van der Waals surface area contributed by atoms with Gasteiger partial charge >= 0.3 is 0 Å². The van der Waals surface area contributed by atoms with Gasteiger partial charge in [-0.05, 0) is 24.3 Å². The monoisotopic (exact) mass is 365 g/mol. The molecule has 0 saturated heterocycles. The van der Waals surface area contributed by atoms with Gasteiger partial charge < -0.3 is 10.4 Å². The quantitative estimate of drug-likeness (QED) is 0.431. The zero-order chi connectivity index (χ0) is 17.5. The molecule has 124 valence electrons. The van der Waals surface area contributed by atoms with Crippen LogP contribution in [-0.4, -0.2) is 23.1 Å². The number of hydrazone groups is 1. The predicted octanol–water partition coefficient (Wildman–Crippen LogP) is 3.18. The Kier molecular flexibility index (Phi) is 6.17. The lowest BCUT2D eigenvalue weighted by molar-refractivity contribution is -0.126. The molecular weight excluding hydrogens is 353 g/mol. The lowest BCUT2D eigenvalue weighted by atomic mass is 10.2. The Bertz CT molecular complexity index is 794. The van der Waals surface area contributed by atoms with Gasteiger partial charge in [-0.15, -0.1) is 0 Å². The number of nitrogens with zero attached hydrogens (tertiary/aromatic N) is 1. The second-order valence-electron chi connectivity index (χ2n) is 4.68. The molecule has 2 aromatic rings. The van der Waals surface area contributed by atoms with E-state index < -0.39 is 18.2 Å². The Balaban J connectivity index is 1.87. The zero-order valence-electron chi connectivity index (χ0n) is 12.3. The van der Waals surface area contributed by atoms with E-state index in [1.165, 1.54) is 12.3 Å². The minimum Gasteiger partial charge on any atom is -0.507 e. The first kappa shape index (κ1) is 17.8. The largest absolute Gasteiger partial charge is 0.507 e. The summed E-state index contributed by atoms with van der Waals surface area (Å²) in [4.78, 5) is 23.5. The van der Waals surface area contributed by atoms with Crippen LogP contribution in [0.1, 0.15) is 12.0 Å². The molecule has 0 fully saturated rings. The minimum absolute atomic E-state index is 0.0313. The van der Waals surface area contributed by atoms with E-state index in [4.69, 9.17) is 23.2 Å². The smallest absolute Gasteiger partial charge is 0.249 e. The second kappa shape index (κ2) is 8.33.